The Morgan fingerprint density at radius 1 is 1.08 bits per heavy atom. The monoisotopic (exact) mass is 244 g/mol. The van der Waals surface area contributed by atoms with E-state index >= 15 is 0 Å². The molecule has 0 N–H and O–H groups in total. The topological polar surface area (TPSA) is 0 Å². The fourth-order valence-corrected chi connectivity index (χ4v) is 6.42. The number of halogens is 1. The van der Waals surface area contributed by atoms with Gasteiger partial charge < -0.3 is 0 Å². The molecule has 1 heterocycles. The first-order valence-corrected chi connectivity index (χ1v) is 9.75. The van der Waals surface area contributed by atoms with Gasteiger partial charge in [-0.25, -0.2) is 0 Å². The Balaban J connectivity index is 2.47. The number of hydrogen-bond donors (Lipinski definition) is 0. The normalized spacial score (nSPS) is 27.1. The van der Waals surface area contributed by atoms with Crippen molar-refractivity contribution in [2.45, 2.75) is 12.3 Å². The fourth-order valence-electron chi connectivity index (χ4n) is 1.97. The van der Waals surface area contributed by atoms with E-state index in [1.54, 1.807) is 11.1 Å². The summed E-state index contributed by atoms with van der Waals surface area (Å²) >= 11 is 3.96. The van der Waals surface area contributed by atoms with Crippen LogP contribution in [0.5, 0.6) is 0 Å². The van der Waals surface area contributed by atoms with Crippen LogP contribution in [-0.4, -0.2) is 13.3 Å². The van der Waals surface area contributed by atoms with E-state index in [4.69, 9.17) is 0 Å². The van der Waals surface area contributed by atoms with E-state index in [0.717, 1.165) is 0 Å². The van der Waals surface area contributed by atoms with Crippen molar-refractivity contribution in [2.24, 2.45) is 0 Å². The Morgan fingerprint density at radius 3 is 1.92 bits per heavy atom. The van der Waals surface area contributed by atoms with E-state index in [9.17, 15) is 0 Å². The van der Waals surface area contributed by atoms with Crippen LogP contribution in [0.2, 0.25) is 0 Å². The summed E-state index contributed by atoms with van der Waals surface area (Å²) in [4.78, 5) is 0. The van der Waals surface area contributed by atoms with E-state index in [0.29, 0.717) is 0 Å². The molecule has 2 heteroatoms. The quantitative estimate of drug-likeness (QED) is 0.609. The van der Waals surface area contributed by atoms with Crippen molar-refractivity contribution in [3.05, 3.63) is 35.4 Å². The molecule has 1 aromatic carbocycles. The average molecular weight is 245 g/mol. The van der Waals surface area contributed by atoms with Gasteiger partial charge in [-0.1, -0.05) is 0 Å². The third kappa shape index (κ3) is 1.58. The zero-order chi connectivity index (χ0) is 8.84. The van der Waals surface area contributed by atoms with Crippen LogP contribution in [0.25, 0.3) is 0 Å². The van der Waals surface area contributed by atoms with Gasteiger partial charge in [0.1, 0.15) is 0 Å². The van der Waals surface area contributed by atoms with Gasteiger partial charge in [0.15, 0.2) is 0 Å². The number of rotatable bonds is 0. The molecular weight excluding hydrogens is 231 g/mol. The average Bonchev–Trinajstić information content (AvgIpc) is 2.16. The minimum absolute atomic E-state index is 1.27. The Morgan fingerprint density at radius 2 is 1.50 bits per heavy atom. The summed E-state index contributed by atoms with van der Waals surface area (Å²) in [5.74, 6) is 0. The summed E-state index contributed by atoms with van der Waals surface area (Å²) in [5.41, 5.74) is 3.11. The second kappa shape index (κ2) is 2.33. The van der Waals surface area contributed by atoms with Crippen molar-refractivity contribution in [3.63, 3.8) is 0 Å². The van der Waals surface area contributed by atoms with Gasteiger partial charge in [-0.2, -0.15) is 0 Å². The van der Waals surface area contributed by atoms with Gasteiger partial charge in [0.25, 0.3) is 0 Å². The van der Waals surface area contributed by atoms with Gasteiger partial charge in [0, 0.05) is 0 Å². The molecule has 66 valence electrons. The molecule has 2 rings (SSSR count). The molecule has 1 aromatic rings. The second-order valence-electron chi connectivity index (χ2n) is 4.60. The van der Waals surface area contributed by atoms with Crippen LogP contribution in [0.4, 0.5) is 0 Å². The molecule has 0 fully saturated rings. The molecule has 1 aliphatic heterocycles. The van der Waals surface area contributed by atoms with E-state index in [1.807, 2.05) is 0 Å². The standard InChI is InChI=1S/C10H14BrP/c1-12(2,11)7-9-5-3-4-6-10(9)8-12/h3-6H,7-8H2,1-2H3. The van der Waals surface area contributed by atoms with E-state index in [1.165, 1.54) is 12.3 Å². The Labute approximate surface area is 82.0 Å². The molecule has 0 spiro atoms. The van der Waals surface area contributed by atoms with E-state index in [-0.39, 0.29) is 0 Å². The van der Waals surface area contributed by atoms with Crippen molar-refractivity contribution >= 4 is 20.8 Å². The Hall–Kier alpha value is 0.130. The first-order chi connectivity index (χ1) is 5.44. The molecule has 0 aromatic heterocycles. The molecule has 0 amide bonds. The second-order valence-corrected chi connectivity index (χ2v) is 17.5. The fraction of sp³-hybridized carbons (Fsp3) is 0.400. The molecule has 0 unspecified atom stereocenters. The molecule has 0 aliphatic carbocycles. The maximum atomic E-state index is 3.96. The Bertz CT molecular complexity index is 293. The first kappa shape index (κ1) is 8.72. The van der Waals surface area contributed by atoms with E-state index in [2.05, 4.69) is 53.1 Å². The van der Waals surface area contributed by atoms with Crippen molar-refractivity contribution in [2.75, 3.05) is 13.3 Å². The Kier molecular flexibility index (Phi) is 1.69. The maximum absolute atomic E-state index is 3.96. The van der Waals surface area contributed by atoms with Crippen molar-refractivity contribution in [3.8, 4) is 0 Å². The summed E-state index contributed by atoms with van der Waals surface area (Å²) in [6.07, 6.45) is 2.53. The predicted octanol–water partition coefficient (Wildman–Crippen LogP) is 3.82. The van der Waals surface area contributed by atoms with Crippen LogP contribution in [0, 0.1) is 0 Å². The van der Waals surface area contributed by atoms with Gasteiger partial charge in [-0.3, -0.25) is 0 Å². The summed E-state index contributed by atoms with van der Waals surface area (Å²) < 4.78 is 0. The minimum atomic E-state index is -1.49. The van der Waals surface area contributed by atoms with Crippen LogP contribution < -0.4 is 0 Å². The summed E-state index contributed by atoms with van der Waals surface area (Å²) in [5, 5.41) is -1.49. The van der Waals surface area contributed by atoms with Gasteiger partial charge >= 0.3 is 81.8 Å². The molecule has 0 atom stereocenters. The van der Waals surface area contributed by atoms with Crippen molar-refractivity contribution < 1.29 is 0 Å². The SMILES string of the molecule is CP1(C)(Br)Cc2ccccc2C1. The third-order valence-corrected chi connectivity index (χ3v) is 6.57. The molecule has 0 saturated heterocycles. The predicted molar refractivity (Wildman–Crippen MR) is 61.5 cm³/mol. The van der Waals surface area contributed by atoms with Gasteiger partial charge in [0.2, 0.25) is 0 Å². The number of fused-ring (bicyclic) bond motifs is 1. The molecule has 0 saturated carbocycles. The number of hydrogen-bond acceptors (Lipinski definition) is 0. The molecule has 0 radical (unpaired) electrons. The zero-order valence-corrected chi connectivity index (χ0v) is 10.0. The van der Waals surface area contributed by atoms with Crippen molar-refractivity contribution in [1.29, 1.82) is 0 Å². The third-order valence-electron chi connectivity index (χ3n) is 2.43. The molecule has 0 bridgehead atoms. The molecule has 12 heavy (non-hydrogen) atoms. The summed E-state index contributed by atoms with van der Waals surface area (Å²) in [6.45, 7) is 4.82. The van der Waals surface area contributed by atoms with Crippen LogP contribution in [0.15, 0.2) is 24.3 Å². The van der Waals surface area contributed by atoms with Gasteiger partial charge in [-0.15, -0.1) is 0 Å². The van der Waals surface area contributed by atoms with E-state index < -0.39 is 5.31 Å². The summed E-state index contributed by atoms with van der Waals surface area (Å²) in [6, 6.07) is 8.81. The van der Waals surface area contributed by atoms with Crippen LogP contribution in [0.1, 0.15) is 11.1 Å². The summed E-state index contributed by atoms with van der Waals surface area (Å²) in [7, 11) is 0. The molecular formula is C10H14BrP. The van der Waals surface area contributed by atoms with Crippen LogP contribution in [-0.2, 0) is 12.3 Å². The molecule has 0 nitrogen and oxygen atoms in total. The van der Waals surface area contributed by atoms with Crippen LogP contribution >= 0.6 is 20.8 Å². The first-order valence-electron chi connectivity index (χ1n) is 4.23. The van der Waals surface area contributed by atoms with Gasteiger partial charge in [0.05, 0.1) is 0 Å². The molecule has 1 aliphatic rings. The van der Waals surface area contributed by atoms with Gasteiger partial charge in [-0.05, 0) is 0 Å². The van der Waals surface area contributed by atoms with Crippen LogP contribution in [0.3, 0.4) is 0 Å². The zero-order valence-electron chi connectivity index (χ0n) is 7.55. The number of benzene rings is 1. The van der Waals surface area contributed by atoms with Crippen molar-refractivity contribution in [1.82, 2.24) is 0 Å².